The molecule has 0 aromatic heterocycles. The maximum Gasteiger partial charge on any atom is 0.238 e. The summed E-state index contributed by atoms with van der Waals surface area (Å²) in [7, 11) is -2.38. The van der Waals surface area contributed by atoms with Crippen molar-refractivity contribution in [1.82, 2.24) is 0 Å². The molecule has 0 atom stereocenters. The van der Waals surface area contributed by atoms with E-state index in [0.29, 0.717) is 0 Å². The minimum atomic E-state index is -2.38. The van der Waals surface area contributed by atoms with Gasteiger partial charge in [-0.25, -0.2) is 0 Å². The third-order valence-corrected chi connectivity index (χ3v) is 1.17. The first-order chi connectivity index (χ1) is 3.68. The highest BCUT2D eigenvalue weighted by Gasteiger charge is 2.08. The van der Waals surface area contributed by atoms with E-state index < -0.39 is 13.9 Å². The van der Waals surface area contributed by atoms with E-state index in [4.69, 9.17) is 9.79 Å². The predicted octanol–water partition coefficient (Wildman–Crippen LogP) is 0.386. The SMILES string of the molecule is C=CCC(=O)P(O)O. The molecule has 0 aliphatic rings. The van der Waals surface area contributed by atoms with Gasteiger partial charge in [0.2, 0.25) is 13.9 Å². The summed E-state index contributed by atoms with van der Waals surface area (Å²) in [6.07, 6.45) is 1.38. The molecule has 46 valence electrons. The molecule has 0 heterocycles. The van der Waals surface area contributed by atoms with Crippen LogP contribution in [0.2, 0.25) is 0 Å². The van der Waals surface area contributed by atoms with Crippen LogP contribution in [0.3, 0.4) is 0 Å². The van der Waals surface area contributed by atoms with Crippen LogP contribution < -0.4 is 0 Å². The van der Waals surface area contributed by atoms with Crippen molar-refractivity contribution >= 4 is 13.9 Å². The van der Waals surface area contributed by atoms with Crippen molar-refractivity contribution in [2.45, 2.75) is 6.42 Å². The van der Waals surface area contributed by atoms with E-state index >= 15 is 0 Å². The summed E-state index contributed by atoms with van der Waals surface area (Å²) in [6, 6.07) is 0. The quantitative estimate of drug-likeness (QED) is 0.433. The van der Waals surface area contributed by atoms with Gasteiger partial charge in [-0.3, -0.25) is 4.79 Å². The number of carbonyl (C=O) groups excluding carboxylic acids is 1. The largest absolute Gasteiger partial charge is 0.345 e. The van der Waals surface area contributed by atoms with Crippen LogP contribution in [0.15, 0.2) is 12.7 Å². The molecule has 0 aliphatic carbocycles. The molecule has 0 radical (unpaired) electrons. The van der Waals surface area contributed by atoms with Crippen molar-refractivity contribution in [2.75, 3.05) is 0 Å². The summed E-state index contributed by atoms with van der Waals surface area (Å²) >= 11 is 0. The first-order valence-electron chi connectivity index (χ1n) is 2.00. The molecule has 4 heteroatoms. The highest BCUT2D eigenvalue weighted by molar-refractivity contribution is 7.64. The van der Waals surface area contributed by atoms with Crippen LogP contribution in [-0.2, 0) is 4.79 Å². The smallest absolute Gasteiger partial charge is 0.238 e. The lowest BCUT2D eigenvalue weighted by Gasteiger charge is -1.93. The summed E-state index contributed by atoms with van der Waals surface area (Å²) < 4.78 is 0. The van der Waals surface area contributed by atoms with Crippen LogP contribution >= 0.6 is 8.38 Å². The number of carbonyl (C=O) groups is 1. The summed E-state index contributed by atoms with van der Waals surface area (Å²) in [5, 5.41) is 0. The molecule has 0 unspecified atom stereocenters. The van der Waals surface area contributed by atoms with Crippen molar-refractivity contribution in [3.63, 3.8) is 0 Å². The lowest BCUT2D eigenvalue weighted by molar-refractivity contribution is -0.111. The van der Waals surface area contributed by atoms with Gasteiger partial charge in [-0.2, -0.15) is 0 Å². The van der Waals surface area contributed by atoms with E-state index in [1.165, 1.54) is 6.08 Å². The summed E-state index contributed by atoms with van der Waals surface area (Å²) in [4.78, 5) is 26.6. The Morgan fingerprint density at radius 1 is 1.75 bits per heavy atom. The van der Waals surface area contributed by atoms with E-state index in [9.17, 15) is 4.79 Å². The Morgan fingerprint density at radius 2 is 2.25 bits per heavy atom. The second-order valence-electron chi connectivity index (χ2n) is 1.18. The minimum Gasteiger partial charge on any atom is -0.345 e. The van der Waals surface area contributed by atoms with Crippen LogP contribution in [-0.4, -0.2) is 15.3 Å². The molecule has 0 rings (SSSR count). The second-order valence-corrected chi connectivity index (χ2v) is 2.25. The van der Waals surface area contributed by atoms with E-state index in [2.05, 4.69) is 6.58 Å². The summed E-state index contributed by atoms with van der Waals surface area (Å²) in [5.41, 5.74) is -0.560. The van der Waals surface area contributed by atoms with Gasteiger partial charge in [0, 0.05) is 6.42 Å². The van der Waals surface area contributed by atoms with Gasteiger partial charge in [-0.15, -0.1) is 6.58 Å². The van der Waals surface area contributed by atoms with E-state index in [1.54, 1.807) is 0 Å². The number of allylic oxidation sites excluding steroid dienone is 1. The predicted molar refractivity (Wildman–Crippen MR) is 31.2 cm³/mol. The summed E-state index contributed by atoms with van der Waals surface area (Å²) in [6.45, 7) is 3.25. The van der Waals surface area contributed by atoms with Gasteiger partial charge in [0.15, 0.2) is 0 Å². The van der Waals surface area contributed by atoms with E-state index in [0.717, 1.165) is 0 Å². The monoisotopic (exact) mass is 134 g/mol. The lowest BCUT2D eigenvalue weighted by atomic mass is 10.5. The highest BCUT2D eigenvalue weighted by Crippen LogP contribution is 2.25. The molecule has 0 aromatic carbocycles. The first kappa shape index (κ1) is 7.76. The Hall–Kier alpha value is -0.240. The van der Waals surface area contributed by atoms with Gasteiger partial charge in [-0.05, 0) is 0 Å². The fraction of sp³-hybridized carbons (Fsp3) is 0.250. The third-order valence-electron chi connectivity index (χ3n) is 0.542. The second kappa shape index (κ2) is 3.72. The molecule has 0 amide bonds. The zero-order chi connectivity index (χ0) is 6.57. The Morgan fingerprint density at radius 3 is 2.38 bits per heavy atom. The van der Waals surface area contributed by atoms with Crippen LogP contribution in [0.4, 0.5) is 0 Å². The Balaban J connectivity index is 3.48. The molecule has 0 aromatic rings. The summed E-state index contributed by atoms with van der Waals surface area (Å²) in [5.74, 6) is 0. The average Bonchev–Trinajstić information content (AvgIpc) is 1.67. The van der Waals surface area contributed by atoms with Gasteiger partial charge in [-0.1, -0.05) is 6.08 Å². The molecule has 0 saturated carbocycles. The van der Waals surface area contributed by atoms with Crippen LogP contribution in [0.5, 0.6) is 0 Å². The van der Waals surface area contributed by atoms with Crippen LogP contribution in [0.25, 0.3) is 0 Å². The fourth-order valence-corrected chi connectivity index (χ4v) is 0.498. The van der Waals surface area contributed by atoms with Gasteiger partial charge in [0.1, 0.15) is 0 Å². The molecule has 0 spiro atoms. The zero-order valence-corrected chi connectivity index (χ0v) is 5.14. The van der Waals surface area contributed by atoms with E-state index in [1.807, 2.05) is 0 Å². The van der Waals surface area contributed by atoms with Gasteiger partial charge in [0.25, 0.3) is 0 Å². The average molecular weight is 134 g/mol. The molecular weight excluding hydrogens is 127 g/mol. The van der Waals surface area contributed by atoms with Crippen LogP contribution in [0, 0.1) is 0 Å². The molecule has 0 aliphatic heterocycles. The number of hydrogen-bond acceptors (Lipinski definition) is 3. The lowest BCUT2D eigenvalue weighted by Crippen LogP contribution is -1.90. The maximum atomic E-state index is 10.2. The Bertz CT molecular complexity index is 99.5. The standard InChI is InChI=1S/C4H7O3P/c1-2-3-4(5)8(6)7/h2,6-7H,1,3H2. The first-order valence-corrected chi connectivity index (χ1v) is 3.24. The molecular formula is C4H7O3P. The third kappa shape index (κ3) is 2.86. The normalized spacial score (nSPS) is 9.38. The Kier molecular flexibility index (Phi) is 3.61. The molecule has 0 bridgehead atoms. The van der Waals surface area contributed by atoms with Crippen molar-refractivity contribution in [3.8, 4) is 0 Å². The van der Waals surface area contributed by atoms with Crippen LogP contribution in [0.1, 0.15) is 6.42 Å². The molecule has 0 fully saturated rings. The highest BCUT2D eigenvalue weighted by atomic mass is 31.2. The zero-order valence-electron chi connectivity index (χ0n) is 4.24. The van der Waals surface area contributed by atoms with Crippen molar-refractivity contribution in [3.05, 3.63) is 12.7 Å². The molecule has 8 heavy (non-hydrogen) atoms. The molecule has 3 nitrogen and oxygen atoms in total. The molecule has 2 N–H and O–H groups in total. The number of rotatable bonds is 3. The Labute approximate surface area is 48.6 Å². The minimum absolute atomic E-state index is 0.0404. The van der Waals surface area contributed by atoms with E-state index in [-0.39, 0.29) is 6.42 Å². The van der Waals surface area contributed by atoms with Gasteiger partial charge >= 0.3 is 0 Å². The van der Waals surface area contributed by atoms with Gasteiger partial charge in [0.05, 0.1) is 0 Å². The van der Waals surface area contributed by atoms with Crippen molar-refractivity contribution in [1.29, 1.82) is 0 Å². The van der Waals surface area contributed by atoms with Crippen molar-refractivity contribution in [2.24, 2.45) is 0 Å². The number of hydrogen-bond donors (Lipinski definition) is 2. The van der Waals surface area contributed by atoms with Gasteiger partial charge < -0.3 is 9.79 Å². The van der Waals surface area contributed by atoms with Crippen molar-refractivity contribution < 1.29 is 14.6 Å². The molecule has 0 saturated heterocycles. The topological polar surface area (TPSA) is 57.5 Å². The fourth-order valence-electron chi connectivity index (χ4n) is 0.205. The maximum absolute atomic E-state index is 10.2.